The van der Waals surface area contributed by atoms with Crippen LogP contribution in [0, 0.1) is 0 Å². The van der Waals surface area contributed by atoms with Crippen LogP contribution < -0.4 is 5.32 Å². The maximum Gasteiger partial charge on any atom is 0.352 e. The second-order valence-corrected chi connectivity index (χ2v) is 6.48. The Morgan fingerprint density at radius 1 is 1.54 bits per heavy atom. The van der Waals surface area contributed by atoms with E-state index in [1.165, 1.54) is 31.2 Å². The number of hydrogen-bond acceptors (Lipinski definition) is 8. The van der Waals surface area contributed by atoms with E-state index in [4.69, 9.17) is 4.42 Å². The summed E-state index contributed by atoms with van der Waals surface area (Å²) in [5.41, 5.74) is -0.118. The van der Waals surface area contributed by atoms with Crippen molar-refractivity contribution >= 4 is 35.3 Å². The van der Waals surface area contributed by atoms with Gasteiger partial charge in [0.05, 0.1) is 12.9 Å². The molecular formula is C15H15N3O7S. The van der Waals surface area contributed by atoms with Gasteiger partial charge in [0.1, 0.15) is 24.2 Å². The zero-order valence-corrected chi connectivity index (χ0v) is 14.4. The van der Waals surface area contributed by atoms with E-state index in [0.717, 1.165) is 4.90 Å². The van der Waals surface area contributed by atoms with Gasteiger partial charge in [-0.25, -0.2) is 4.79 Å². The molecule has 3 N–H and O–H groups in total. The lowest BCUT2D eigenvalue weighted by Gasteiger charge is -2.49. The fourth-order valence-electron chi connectivity index (χ4n) is 2.72. The van der Waals surface area contributed by atoms with E-state index in [1.54, 1.807) is 6.07 Å². The van der Waals surface area contributed by atoms with Crippen molar-refractivity contribution in [3.63, 3.8) is 0 Å². The number of carboxylic acid groups (broad SMARTS) is 1. The lowest BCUT2D eigenvalue weighted by atomic mass is 10.0. The molecule has 0 aliphatic carbocycles. The van der Waals surface area contributed by atoms with E-state index >= 15 is 0 Å². The monoisotopic (exact) mass is 381 g/mol. The topological polar surface area (TPSA) is 142 Å². The van der Waals surface area contributed by atoms with Gasteiger partial charge in [-0.3, -0.25) is 14.5 Å². The van der Waals surface area contributed by atoms with Crippen molar-refractivity contribution in [2.24, 2.45) is 5.16 Å². The number of aliphatic carboxylic acids is 1. The first-order valence-corrected chi connectivity index (χ1v) is 8.51. The third kappa shape index (κ3) is 2.95. The van der Waals surface area contributed by atoms with Gasteiger partial charge in [0.15, 0.2) is 5.76 Å². The van der Waals surface area contributed by atoms with Gasteiger partial charge >= 0.3 is 5.97 Å². The molecule has 2 aliphatic heterocycles. The fourth-order valence-corrected chi connectivity index (χ4v) is 4.05. The summed E-state index contributed by atoms with van der Waals surface area (Å²) in [6, 6.07) is 2.17. The molecule has 26 heavy (non-hydrogen) atoms. The van der Waals surface area contributed by atoms with E-state index in [2.05, 4.69) is 15.3 Å². The molecule has 0 saturated carbocycles. The highest BCUT2D eigenvalue weighted by Gasteiger charge is 2.54. The summed E-state index contributed by atoms with van der Waals surface area (Å²) < 4.78 is 5.13. The Balaban J connectivity index is 1.78. The minimum Gasteiger partial charge on any atom is -0.477 e. The van der Waals surface area contributed by atoms with Crippen LogP contribution in [-0.2, 0) is 19.2 Å². The Morgan fingerprint density at radius 2 is 2.31 bits per heavy atom. The molecule has 0 bridgehead atoms. The average molecular weight is 381 g/mol. The van der Waals surface area contributed by atoms with Crippen molar-refractivity contribution in [1.29, 1.82) is 0 Å². The maximum absolute atomic E-state index is 12.5. The van der Waals surface area contributed by atoms with Crippen LogP contribution in [0.2, 0.25) is 0 Å². The molecule has 11 heteroatoms. The van der Waals surface area contributed by atoms with Crippen molar-refractivity contribution < 1.29 is 33.9 Å². The first-order chi connectivity index (χ1) is 12.5. The number of rotatable bonds is 6. The molecule has 0 aromatic carbocycles. The van der Waals surface area contributed by atoms with Crippen LogP contribution in [0.25, 0.3) is 0 Å². The lowest BCUT2D eigenvalue weighted by Crippen LogP contribution is -2.71. The predicted octanol–water partition coefficient (Wildman–Crippen LogP) is -0.639. The number of oxime groups is 1. The zero-order valence-electron chi connectivity index (χ0n) is 13.5. The summed E-state index contributed by atoms with van der Waals surface area (Å²) in [5, 5.41) is 24.2. The Hall–Kier alpha value is -2.79. The number of aliphatic hydroxyl groups excluding tert-OH is 1. The zero-order chi connectivity index (χ0) is 18.8. The molecule has 3 heterocycles. The number of nitrogens with zero attached hydrogens (tertiary/aromatic N) is 2. The molecule has 2 atom stereocenters. The first kappa shape index (κ1) is 18.0. The van der Waals surface area contributed by atoms with Gasteiger partial charge < -0.3 is 24.8 Å². The highest BCUT2D eigenvalue weighted by Crippen LogP contribution is 2.40. The van der Waals surface area contributed by atoms with Gasteiger partial charge in [-0.05, 0) is 17.7 Å². The van der Waals surface area contributed by atoms with Crippen LogP contribution in [0.4, 0.5) is 0 Å². The van der Waals surface area contributed by atoms with Gasteiger partial charge in [0.25, 0.3) is 11.8 Å². The minimum atomic E-state index is -1.30. The standard InChI is InChI=1S/C15H15N3O7S/c1-24-17-9(8-3-2-4-25-8)12(20)16-10-13(21)18-11(15(22)23)7(5-19)6-26-14(10)18/h2-4,10,14,19H,5-6H2,1H3,(H,16,20)(H,22,23)/b17-9-/t10-,14+/m0/s1. The summed E-state index contributed by atoms with van der Waals surface area (Å²) in [6.07, 6.45) is 1.36. The van der Waals surface area contributed by atoms with E-state index in [1.807, 2.05) is 0 Å². The van der Waals surface area contributed by atoms with Crippen LogP contribution in [-0.4, -0.2) is 69.5 Å². The second-order valence-electron chi connectivity index (χ2n) is 5.38. The fraction of sp³-hybridized carbons (Fsp3) is 0.333. The normalized spacial score (nSPS) is 22.6. The number of amides is 2. The number of fused-ring (bicyclic) bond motifs is 1. The molecule has 1 aromatic heterocycles. The van der Waals surface area contributed by atoms with E-state index in [-0.39, 0.29) is 28.5 Å². The molecular weight excluding hydrogens is 366 g/mol. The number of carbonyl (C=O) groups is 3. The number of hydrogen-bond donors (Lipinski definition) is 3. The van der Waals surface area contributed by atoms with Gasteiger partial charge in [0.2, 0.25) is 5.71 Å². The largest absolute Gasteiger partial charge is 0.477 e. The van der Waals surface area contributed by atoms with Crippen molar-refractivity contribution in [2.75, 3.05) is 19.5 Å². The van der Waals surface area contributed by atoms with Gasteiger partial charge in [-0.2, -0.15) is 0 Å². The van der Waals surface area contributed by atoms with Crippen LogP contribution in [0.15, 0.2) is 39.2 Å². The number of carboxylic acids is 1. The smallest absolute Gasteiger partial charge is 0.352 e. The molecule has 2 aliphatic rings. The summed E-state index contributed by atoms with van der Waals surface area (Å²) >= 11 is 1.26. The summed E-state index contributed by atoms with van der Waals surface area (Å²) in [7, 11) is 1.27. The molecule has 3 rings (SSSR count). The summed E-state index contributed by atoms with van der Waals surface area (Å²) in [5.74, 6) is -2.15. The molecule has 0 spiro atoms. The maximum atomic E-state index is 12.5. The Labute approximate surface area is 151 Å². The highest BCUT2D eigenvalue weighted by molar-refractivity contribution is 8.00. The number of carbonyl (C=O) groups excluding carboxylic acids is 2. The molecule has 1 aromatic rings. The quantitative estimate of drug-likeness (QED) is 0.336. The molecule has 0 unspecified atom stereocenters. The number of aliphatic hydroxyl groups is 1. The van der Waals surface area contributed by atoms with Crippen molar-refractivity contribution in [3.8, 4) is 0 Å². The number of β-lactam (4-membered cyclic amide) rings is 1. The summed E-state index contributed by atoms with van der Waals surface area (Å²) in [6.45, 7) is -0.453. The second kappa shape index (κ2) is 7.22. The number of nitrogens with one attached hydrogen (secondary N) is 1. The SMILES string of the molecule is CO/N=C(\C(=O)N[C@H]1C(=O)N2C(C(=O)O)=C(CO)CS[C@H]12)c1ccco1. The minimum absolute atomic E-state index is 0.144. The van der Waals surface area contributed by atoms with Crippen molar-refractivity contribution in [3.05, 3.63) is 35.4 Å². The van der Waals surface area contributed by atoms with Gasteiger partial charge in [-0.15, -0.1) is 11.8 Å². The lowest BCUT2D eigenvalue weighted by molar-refractivity contribution is -0.150. The van der Waals surface area contributed by atoms with Crippen LogP contribution in [0.3, 0.4) is 0 Å². The Bertz CT molecular complexity index is 802. The number of furan rings is 1. The molecule has 10 nitrogen and oxygen atoms in total. The highest BCUT2D eigenvalue weighted by atomic mass is 32.2. The molecule has 138 valence electrons. The van der Waals surface area contributed by atoms with E-state index in [0.29, 0.717) is 0 Å². The predicted molar refractivity (Wildman–Crippen MR) is 89.0 cm³/mol. The third-order valence-corrected chi connectivity index (χ3v) is 5.22. The number of thioether (sulfide) groups is 1. The van der Waals surface area contributed by atoms with E-state index in [9.17, 15) is 24.6 Å². The molecule has 1 saturated heterocycles. The van der Waals surface area contributed by atoms with Crippen LogP contribution in [0.1, 0.15) is 5.76 Å². The molecule has 1 fully saturated rings. The molecule has 0 radical (unpaired) electrons. The van der Waals surface area contributed by atoms with Crippen LogP contribution in [0.5, 0.6) is 0 Å². The third-order valence-electron chi connectivity index (χ3n) is 3.88. The molecule has 2 amide bonds. The first-order valence-electron chi connectivity index (χ1n) is 7.46. The van der Waals surface area contributed by atoms with Crippen molar-refractivity contribution in [2.45, 2.75) is 11.4 Å². The van der Waals surface area contributed by atoms with Crippen LogP contribution >= 0.6 is 11.8 Å². The van der Waals surface area contributed by atoms with Crippen molar-refractivity contribution in [1.82, 2.24) is 10.2 Å². The Kier molecular flexibility index (Phi) is 5.00. The van der Waals surface area contributed by atoms with E-state index < -0.39 is 35.8 Å². The van der Waals surface area contributed by atoms with Gasteiger partial charge in [-0.1, -0.05) is 5.16 Å². The van der Waals surface area contributed by atoms with Gasteiger partial charge in [0, 0.05) is 5.75 Å². The summed E-state index contributed by atoms with van der Waals surface area (Å²) in [4.78, 5) is 42.0. The average Bonchev–Trinajstić information content (AvgIpc) is 3.16. The Morgan fingerprint density at radius 3 is 2.88 bits per heavy atom.